The molecule has 2 aromatic carbocycles. The van der Waals surface area contributed by atoms with Crippen LogP contribution in [-0.4, -0.2) is 55.5 Å². The first-order valence-corrected chi connectivity index (χ1v) is 11.5. The number of ether oxygens (including phenoxy) is 2. The molecule has 2 aromatic rings. The fourth-order valence-corrected chi connectivity index (χ4v) is 4.49. The molecule has 0 radical (unpaired) electrons. The lowest BCUT2D eigenvalue weighted by Gasteiger charge is -2.52. The van der Waals surface area contributed by atoms with Crippen molar-refractivity contribution in [2.24, 2.45) is 4.99 Å². The monoisotopic (exact) mass is 548 g/mol. The van der Waals surface area contributed by atoms with Crippen molar-refractivity contribution in [2.45, 2.75) is 43.4 Å². The highest BCUT2D eigenvalue weighted by atomic mass is 19.4. The number of carbonyl (C=O) groups is 1. The quantitative estimate of drug-likeness (QED) is 0.479. The van der Waals surface area contributed by atoms with Crippen molar-refractivity contribution in [3.05, 3.63) is 53.8 Å². The summed E-state index contributed by atoms with van der Waals surface area (Å²) in [5, 5.41) is 4.71. The molecule has 1 fully saturated rings. The Bertz CT molecular complexity index is 1220. The summed E-state index contributed by atoms with van der Waals surface area (Å²) in [5.41, 5.74) is -2.72. The number of hydrogen-bond donors (Lipinski definition) is 2. The fourth-order valence-electron chi connectivity index (χ4n) is 4.49. The van der Waals surface area contributed by atoms with Crippen LogP contribution in [0.4, 0.5) is 41.2 Å². The zero-order valence-corrected chi connectivity index (χ0v) is 19.9. The maximum absolute atomic E-state index is 14.2. The topological polar surface area (TPSA) is 75.2 Å². The van der Waals surface area contributed by atoms with E-state index in [2.05, 4.69) is 20.4 Å². The van der Waals surface area contributed by atoms with E-state index < -0.39 is 47.4 Å². The van der Waals surface area contributed by atoms with Gasteiger partial charge in [-0.05, 0) is 44.5 Å². The Balaban J connectivity index is 1.49. The SMILES string of the molecule is CN1CCC1(c1ccccc1OC1=NCCCC1NC(=O)Nc1ccc(OC(F)(F)F)cc1F)C(F)(F)F. The lowest BCUT2D eigenvalue weighted by atomic mass is 9.77. The Labute approximate surface area is 212 Å². The van der Waals surface area contributed by atoms with Crippen molar-refractivity contribution in [1.29, 1.82) is 0 Å². The van der Waals surface area contributed by atoms with Crippen LogP contribution in [0, 0.1) is 5.82 Å². The molecule has 2 unspecified atom stereocenters. The molecule has 0 aromatic heterocycles. The van der Waals surface area contributed by atoms with E-state index in [4.69, 9.17) is 4.74 Å². The van der Waals surface area contributed by atoms with Gasteiger partial charge in [0.15, 0.2) is 0 Å². The van der Waals surface area contributed by atoms with Crippen molar-refractivity contribution in [1.82, 2.24) is 10.2 Å². The number of para-hydroxylation sites is 1. The number of likely N-dealkylation sites (tertiary alicyclic amines) is 1. The van der Waals surface area contributed by atoms with Gasteiger partial charge in [0, 0.05) is 24.7 Å². The molecule has 1 saturated heterocycles. The normalized spacial score (nSPS) is 22.2. The highest BCUT2D eigenvalue weighted by Gasteiger charge is 2.64. The lowest BCUT2D eigenvalue weighted by Crippen LogP contribution is -2.63. The summed E-state index contributed by atoms with van der Waals surface area (Å²) in [7, 11) is 1.38. The van der Waals surface area contributed by atoms with Crippen LogP contribution in [-0.2, 0) is 5.54 Å². The Morgan fingerprint density at radius 3 is 2.47 bits per heavy atom. The molecule has 206 valence electrons. The lowest BCUT2D eigenvalue weighted by molar-refractivity contribution is -0.274. The molecular weight excluding hydrogens is 525 g/mol. The Morgan fingerprint density at radius 2 is 1.87 bits per heavy atom. The summed E-state index contributed by atoms with van der Waals surface area (Å²) < 4.78 is 103. The highest BCUT2D eigenvalue weighted by molar-refractivity contribution is 5.94. The molecule has 14 heteroatoms. The van der Waals surface area contributed by atoms with E-state index in [1.807, 2.05) is 0 Å². The molecule has 2 amide bonds. The molecular formula is C24H23F7N4O3. The zero-order chi connectivity index (χ0) is 27.7. The number of rotatable bonds is 5. The van der Waals surface area contributed by atoms with E-state index in [0.29, 0.717) is 25.5 Å². The summed E-state index contributed by atoms with van der Waals surface area (Å²) in [4.78, 5) is 18.0. The second kappa shape index (κ2) is 10.3. The Hall–Kier alpha value is -3.55. The van der Waals surface area contributed by atoms with Crippen LogP contribution in [0.25, 0.3) is 0 Å². The first-order chi connectivity index (χ1) is 17.8. The average Bonchev–Trinajstić information content (AvgIpc) is 2.80. The molecule has 0 aliphatic carbocycles. The summed E-state index contributed by atoms with van der Waals surface area (Å²) in [6.45, 7) is 0.565. The number of benzene rings is 2. The van der Waals surface area contributed by atoms with E-state index in [-0.39, 0.29) is 30.2 Å². The maximum atomic E-state index is 14.2. The van der Waals surface area contributed by atoms with Crippen LogP contribution in [0.2, 0.25) is 0 Å². The molecule has 2 aliphatic rings. The van der Waals surface area contributed by atoms with Crippen LogP contribution in [0.3, 0.4) is 0 Å². The van der Waals surface area contributed by atoms with Crippen molar-refractivity contribution in [3.63, 3.8) is 0 Å². The molecule has 4 rings (SSSR count). The number of nitrogens with one attached hydrogen (secondary N) is 2. The third-order valence-electron chi connectivity index (χ3n) is 6.42. The smallest absolute Gasteiger partial charge is 0.441 e. The van der Waals surface area contributed by atoms with Crippen LogP contribution in [0.15, 0.2) is 47.5 Å². The number of halogens is 7. The van der Waals surface area contributed by atoms with Crippen molar-refractivity contribution < 1.29 is 45.0 Å². The van der Waals surface area contributed by atoms with Gasteiger partial charge in [-0.3, -0.25) is 9.89 Å². The molecule has 2 N–H and O–H groups in total. The van der Waals surface area contributed by atoms with E-state index in [9.17, 15) is 35.5 Å². The molecule has 2 aliphatic heterocycles. The maximum Gasteiger partial charge on any atom is 0.573 e. The second-order valence-corrected chi connectivity index (χ2v) is 8.83. The number of anilines is 1. The number of alkyl halides is 6. The van der Waals surface area contributed by atoms with Gasteiger partial charge in [-0.1, -0.05) is 18.2 Å². The molecule has 2 heterocycles. The van der Waals surface area contributed by atoms with Gasteiger partial charge in [0.05, 0.1) is 5.69 Å². The van der Waals surface area contributed by atoms with Gasteiger partial charge in [-0.25, -0.2) is 9.18 Å². The minimum Gasteiger partial charge on any atom is -0.441 e. The van der Waals surface area contributed by atoms with Gasteiger partial charge < -0.3 is 20.1 Å². The largest absolute Gasteiger partial charge is 0.573 e. The zero-order valence-electron chi connectivity index (χ0n) is 19.9. The minimum absolute atomic E-state index is 0.0208. The van der Waals surface area contributed by atoms with Gasteiger partial charge >= 0.3 is 18.6 Å². The van der Waals surface area contributed by atoms with E-state index in [1.165, 1.54) is 36.2 Å². The number of amides is 2. The van der Waals surface area contributed by atoms with Gasteiger partial charge in [0.2, 0.25) is 5.90 Å². The standard InChI is InChI=1S/C24H23F7N4O3/c1-35-12-10-22(35,23(26,27)28)15-5-2-3-7-19(15)37-20-18(6-4-11-32-20)34-21(36)33-17-9-8-14(13-16(17)25)38-24(29,30)31/h2-3,5,7-9,13,18H,4,6,10-12H2,1H3,(H2,33,34,36). The summed E-state index contributed by atoms with van der Waals surface area (Å²) >= 11 is 0. The molecule has 38 heavy (non-hydrogen) atoms. The van der Waals surface area contributed by atoms with Gasteiger partial charge in [0.1, 0.15) is 28.9 Å². The molecule has 0 spiro atoms. The molecule has 0 bridgehead atoms. The number of hydrogen-bond acceptors (Lipinski definition) is 5. The van der Waals surface area contributed by atoms with Crippen molar-refractivity contribution >= 4 is 17.6 Å². The first-order valence-electron chi connectivity index (χ1n) is 11.5. The molecule has 2 atom stereocenters. The van der Waals surface area contributed by atoms with E-state index in [1.54, 1.807) is 0 Å². The number of carbonyl (C=O) groups excluding carboxylic acids is 1. The van der Waals surface area contributed by atoms with Crippen LogP contribution in [0.1, 0.15) is 24.8 Å². The van der Waals surface area contributed by atoms with Crippen molar-refractivity contribution in [3.8, 4) is 11.5 Å². The van der Waals surface area contributed by atoms with E-state index >= 15 is 0 Å². The number of nitrogens with zero attached hydrogens (tertiary/aromatic N) is 2. The van der Waals surface area contributed by atoms with Gasteiger partial charge in [0.25, 0.3) is 0 Å². The van der Waals surface area contributed by atoms with Gasteiger partial charge in [-0.2, -0.15) is 13.2 Å². The highest BCUT2D eigenvalue weighted by Crippen LogP contribution is 2.53. The third kappa shape index (κ3) is 5.64. The Kier molecular flexibility index (Phi) is 7.46. The van der Waals surface area contributed by atoms with E-state index in [0.717, 1.165) is 12.1 Å². The van der Waals surface area contributed by atoms with Gasteiger partial charge in [-0.15, -0.1) is 13.2 Å². The first kappa shape index (κ1) is 27.5. The summed E-state index contributed by atoms with van der Waals surface area (Å²) in [6.07, 6.45) is -8.87. The molecule has 7 nitrogen and oxygen atoms in total. The third-order valence-corrected chi connectivity index (χ3v) is 6.42. The number of aliphatic imine (C=N–C) groups is 1. The fraction of sp³-hybridized carbons (Fsp3) is 0.417. The average molecular weight is 548 g/mol. The predicted octanol–water partition coefficient (Wildman–Crippen LogP) is 5.58. The predicted molar refractivity (Wildman–Crippen MR) is 123 cm³/mol. The number of urea groups is 1. The van der Waals surface area contributed by atoms with Crippen LogP contribution >= 0.6 is 0 Å². The van der Waals surface area contributed by atoms with Crippen molar-refractivity contribution in [2.75, 3.05) is 25.5 Å². The summed E-state index contributed by atoms with van der Waals surface area (Å²) in [6, 6.07) is 6.14. The summed E-state index contributed by atoms with van der Waals surface area (Å²) in [5.74, 6) is -2.06. The molecule has 0 saturated carbocycles. The van der Waals surface area contributed by atoms with Crippen LogP contribution < -0.4 is 20.1 Å². The minimum atomic E-state index is -5.01. The second-order valence-electron chi connectivity index (χ2n) is 8.83. The van der Waals surface area contributed by atoms with Crippen LogP contribution in [0.5, 0.6) is 11.5 Å². The Morgan fingerprint density at radius 1 is 1.13 bits per heavy atom.